The van der Waals surface area contributed by atoms with Gasteiger partial charge in [-0.25, -0.2) is 4.98 Å². The second-order valence-electron chi connectivity index (χ2n) is 4.29. The molecule has 3 heterocycles. The summed E-state index contributed by atoms with van der Waals surface area (Å²) in [6.45, 7) is 4.58. The molecule has 2 aromatic heterocycles. The fraction of sp³-hybridized carbons (Fsp3) is 0.455. The van der Waals surface area contributed by atoms with Crippen LogP contribution >= 0.6 is 11.3 Å². The minimum Gasteiger partial charge on any atom is -0.365 e. The SMILES string of the molecule is CC1(OCc2nc3cnccc3s2)CNC1. The van der Waals surface area contributed by atoms with Gasteiger partial charge in [-0.2, -0.15) is 0 Å². The molecule has 0 unspecified atom stereocenters. The van der Waals surface area contributed by atoms with Gasteiger partial charge < -0.3 is 10.1 Å². The van der Waals surface area contributed by atoms with Crippen molar-refractivity contribution in [2.45, 2.75) is 19.1 Å². The van der Waals surface area contributed by atoms with E-state index in [1.807, 2.05) is 6.07 Å². The average molecular weight is 235 g/mol. The first-order chi connectivity index (χ1) is 7.75. The van der Waals surface area contributed by atoms with Gasteiger partial charge in [-0.1, -0.05) is 0 Å². The van der Waals surface area contributed by atoms with Crippen molar-refractivity contribution in [3.05, 3.63) is 23.5 Å². The summed E-state index contributed by atoms with van der Waals surface area (Å²) in [7, 11) is 0. The molecule has 2 aromatic rings. The molecule has 4 nitrogen and oxygen atoms in total. The Morgan fingerprint density at radius 1 is 1.56 bits per heavy atom. The van der Waals surface area contributed by atoms with E-state index < -0.39 is 0 Å². The Balaban J connectivity index is 1.74. The smallest absolute Gasteiger partial charge is 0.120 e. The predicted octanol–water partition coefficient (Wildman–Crippen LogP) is 1.57. The van der Waals surface area contributed by atoms with Crippen LogP contribution in [-0.2, 0) is 11.3 Å². The van der Waals surface area contributed by atoms with Crippen molar-refractivity contribution >= 4 is 21.6 Å². The van der Waals surface area contributed by atoms with Crippen molar-refractivity contribution in [2.75, 3.05) is 13.1 Å². The van der Waals surface area contributed by atoms with Crippen LogP contribution < -0.4 is 5.32 Å². The van der Waals surface area contributed by atoms with E-state index in [0.717, 1.165) is 23.6 Å². The van der Waals surface area contributed by atoms with Crippen LogP contribution in [0.25, 0.3) is 10.2 Å². The summed E-state index contributed by atoms with van der Waals surface area (Å²) in [5.41, 5.74) is 0.957. The molecule has 0 spiro atoms. The molecule has 1 aliphatic heterocycles. The number of hydrogen-bond acceptors (Lipinski definition) is 5. The highest BCUT2D eigenvalue weighted by molar-refractivity contribution is 7.18. The standard InChI is InChI=1S/C11H13N3OS/c1-11(6-13-7-11)15-5-10-14-8-4-12-3-2-9(8)16-10/h2-4,13H,5-7H2,1H3. The Labute approximate surface area is 97.7 Å². The Bertz CT molecular complexity index is 474. The molecule has 1 N–H and O–H groups in total. The molecule has 3 rings (SSSR count). The van der Waals surface area contributed by atoms with Crippen molar-refractivity contribution in [2.24, 2.45) is 0 Å². The molecule has 5 heteroatoms. The molecule has 1 aliphatic rings. The highest BCUT2D eigenvalue weighted by atomic mass is 32.1. The van der Waals surface area contributed by atoms with E-state index in [2.05, 4.69) is 22.2 Å². The summed E-state index contributed by atoms with van der Waals surface area (Å²) in [4.78, 5) is 8.54. The number of ether oxygens (including phenoxy) is 1. The van der Waals surface area contributed by atoms with E-state index in [1.54, 1.807) is 23.7 Å². The number of rotatable bonds is 3. The maximum absolute atomic E-state index is 5.85. The third kappa shape index (κ3) is 1.81. The topological polar surface area (TPSA) is 47.0 Å². The van der Waals surface area contributed by atoms with Crippen LogP contribution in [0, 0.1) is 0 Å². The van der Waals surface area contributed by atoms with Gasteiger partial charge in [-0.3, -0.25) is 4.98 Å². The summed E-state index contributed by atoms with van der Waals surface area (Å²) >= 11 is 1.68. The monoisotopic (exact) mass is 235 g/mol. The van der Waals surface area contributed by atoms with Crippen LogP contribution in [0.2, 0.25) is 0 Å². The molecule has 0 radical (unpaired) electrons. The van der Waals surface area contributed by atoms with Gasteiger partial charge in [0.1, 0.15) is 5.01 Å². The highest BCUT2D eigenvalue weighted by Gasteiger charge is 2.32. The Morgan fingerprint density at radius 3 is 3.12 bits per heavy atom. The maximum atomic E-state index is 5.85. The normalized spacial score (nSPS) is 18.6. The average Bonchev–Trinajstić information content (AvgIpc) is 2.66. The van der Waals surface area contributed by atoms with E-state index in [-0.39, 0.29) is 5.60 Å². The summed E-state index contributed by atoms with van der Waals surface area (Å²) in [6.07, 6.45) is 3.59. The summed E-state index contributed by atoms with van der Waals surface area (Å²) in [6, 6.07) is 1.99. The second-order valence-corrected chi connectivity index (χ2v) is 5.41. The van der Waals surface area contributed by atoms with Crippen LogP contribution in [0.1, 0.15) is 11.9 Å². The number of nitrogens with one attached hydrogen (secondary N) is 1. The largest absolute Gasteiger partial charge is 0.365 e. The fourth-order valence-electron chi connectivity index (χ4n) is 1.70. The Kier molecular flexibility index (Phi) is 2.38. The van der Waals surface area contributed by atoms with E-state index in [1.165, 1.54) is 4.70 Å². The molecule has 0 atom stereocenters. The lowest BCUT2D eigenvalue weighted by Gasteiger charge is -2.38. The number of hydrogen-bond donors (Lipinski definition) is 1. The van der Waals surface area contributed by atoms with Crippen molar-refractivity contribution in [1.29, 1.82) is 0 Å². The first kappa shape index (κ1) is 10.1. The zero-order valence-electron chi connectivity index (χ0n) is 9.06. The molecular weight excluding hydrogens is 222 g/mol. The zero-order chi connectivity index (χ0) is 11.0. The lowest BCUT2D eigenvalue weighted by atomic mass is 10.0. The van der Waals surface area contributed by atoms with Gasteiger partial charge in [0.2, 0.25) is 0 Å². The molecule has 0 saturated carbocycles. The second kappa shape index (κ2) is 3.76. The first-order valence-corrected chi connectivity index (χ1v) is 6.11. The zero-order valence-corrected chi connectivity index (χ0v) is 9.88. The minimum absolute atomic E-state index is 0.00386. The van der Waals surface area contributed by atoms with Crippen molar-refractivity contribution in [3.63, 3.8) is 0 Å². The molecule has 84 valence electrons. The molecule has 0 amide bonds. The van der Waals surface area contributed by atoms with Gasteiger partial charge in [-0.15, -0.1) is 11.3 Å². The van der Waals surface area contributed by atoms with Gasteiger partial charge >= 0.3 is 0 Å². The van der Waals surface area contributed by atoms with Crippen molar-refractivity contribution in [3.8, 4) is 0 Å². The first-order valence-electron chi connectivity index (χ1n) is 5.29. The van der Waals surface area contributed by atoms with Gasteiger partial charge in [-0.05, 0) is 13.0 Å². The molecule has 0 bridgehead atoms. The number of nitrogens with zero attached hydrogens (tertiary/aromatic N) is 2. The lowest BCUT2D eigenvalue weighted by Crippen LogP contribution is -2.58. The van der Waals surface area contributed by atoms with Crippen LogP contribution in [0.15, 0.2) is 18.5 Å². The molecule has 0 aliphatic carbocycles. The van der Waals surface area contributed by atoms with E-state index >= 15 is 0 Å². The van der Waals surface area contributed by atoms with Crippen molar-refractivity contribution in [1.82, 2.24) is 15.3 Å². The van der Waals surface area contributed by atoms with Gasteiger partial charge in [0.15, 0.2) is 0 Å². The summed E-state index contributed by atoms with van der Waals surface area (Å²) in [5.74, 6) is 0. The predicted molar refractivity (Wildman–Crippen MR) is 63.5 cm³/mol. The quantitative estimate of drug-likeness (QED) is 0.877. The summed E-state index contributed by atoms with van der Waals surface area (Å²) < 4.78 is 7.02. The number of fused-ring (bicyclic) bond motifs is 1. The van der Waals surface area contributed by atoms with Crippen LogP contribution in [0.4, 0.5) is 0 Å². The minimum atomic E-state index is -0.00386. The van der Waals surface area contributed by atoms with Crippen LogP contribution in [-0.4, -0.2) is 28.7 Å². The third-order valence-corrected chi connectivity index (χ3v) is 3.79. The van der Waals surface area contributed by atoms with Crippen LogP contribution in [0.3, 0.4) is 0 Å². The number of pyridine rings is 1. The Morgan fingerprint density at radius 2 is 2.44 bits per heavy atom. The lowest BCUT2D eigenvalue weighted by molar-refractivity contribution is -0.0767. The molecular formula is C11H13N3OS. The number of thiazole rings is 1. The van der Waals surface area contributed by atoms with Gasteiger partial charge in [0.05, 0.1) is 28.6 Å². The molecule has 1 saturated heterocycles. The van der Waals surface area contributed by atoms with Gasteiger partial charge in [0.25, 0.3) is 0 Å². The van der Waals surface area contributed by atoms with Crippen LogP contribution in [0.5, 0.6) is 0 Å². The van der Waals surface area contributed by atoms with Crippen molar-refractivity contribution < 1.29 is 4.74 Å². The van der Waals surface area contributed by atoms with E-state index in [9.17, 15) is 0 Å². The van der Waals surface area contributed by atoms with E-state index in [0.29, 0.717) is 6.61 Å². The van der Waals surface area contributed by atoms with E-state index in [4.69, 9.17) is 4.74 Å². The maximum Gasteiger partial charge on any atom is 0.120 e. The molecule has 1 fully saturated rings. The fourth-order valence-corrected chi connectivity index (χ4v) is 2.55. The molecule has 0 aromatic carbocycles. The summed E-state index contributed by atoms with van der Waals surface area (Å²) in [5, 5.41) is 4.24. The highest BCUT2D eigenvalue weighted by Crippen LogP contribution is 2.24. The Hall–Kier alpha value is -1.04. The molecule has 16 heavy (non-hydrogen) atoms. The number of aromatic nitrogens is 2. The third-order valence-electron chi connectivity index (χ3n) is 2.78. The van der Waals surface area contributed by atoms with Gasteiger partial charge in [0, 0.05) is 19.3 Å².